The van der Waals surface area contributed by atoms with Gasteiger partial charge in [-0.25, -0.2) is 4.39 Å². The molecule has 3 heterocycles. The van der Waals surface area contributed by atoms with E-state index in [4.69, 9.17) is 0 Å². The molecule has 2 aliphatic rings. The van der Waals surface area contributed by atoms with Crippen LogP contribution in [-0.4, -0.2) is 56.0 Å². The van der Waals surface area contributed by atoms with Gasteiger partial charge in [0.15, 0.2) is 17.2 Å². The van der Waals surface area contributed by atoms with Crippen LogP contribution < -0.4 is 5.43 Å². The third kappa shape index (κ3) is 3.83. The molecule has 8 heteroatoms. The molecule has 2 aliphatic heterocycles. The van der Waals surface area contributed by atoms with E-state index in [0.29, 0.717) is 13.0 Å². The highest BCUT2D eigenvalue weighted by molar-refractivity contribution is 6.00. The highest BCUT2D eigenvalue weighted by Crippen LogP contribution is 2.31. The molecule has 0 radical (unpaired) electrons. The van der Waals surface area contributed by atoms with Crippen LogP contribution in [0, 0.1) is 5.82 Å². The smallest absolute Gasteiger partial charge is 0.276 e. The van der Waals surface area contributed by atoms with Crippen molar-refractivity contribution in [2.24, 2.45) is 0 Å². The van der Waals surface area contributed by atoms with E-state index in [1.165, 1.54) is 18.3 Å². The van der Waals surface area contributed by atoms with E-state index >= 15 is 0 Å². The first-order valence-corrected chi connectivity index (χ1v) is 11.0. The van der Waals surface area contributed by atoms with Crippen LogP contribution in [0.4, 0.5) is 4.39 Å². The number of pyridine rings is 1. The van der Waals surface area contributed by atoms with Gasteiger partial charge in [0, 0.05) is 31.2 Å². The van der Waals surface area contributed by atoms with Gasteiger partial charge in [-0.3, -0.25) is 19.3 Å². The number of carbonyl (C=O) groups excluding carboxylic acids is 2. The molecule has 0 spiro atoms. The average Bonchev–Trinajstić information content (AvgIpc) is 2.75. The zero-order chi connectivity index (χ0) is 23.2. The standard InChI is InChI=1S/C24H28FN3O4/c1-14(2)27-11-10-15(3)28-20(27)13-26-12-18(22(30)23(31)21(26)24(28)32)19(29)9-6-16-4-7-17(25)8-5-16/h4-5,7-8,12,14-15,20,31H,6,9-11,13H2,1-3H3/t15-,20-/m1/s1. The van der Waals surface area contributed by atoms with Crippen molar-refractivity contribution in [1.29, 1.82) is 0 Å². The Morgan fingerprint density at radius 2 is 1.91 bits per heavy atom. The summed E-state index contributed by atoms with van der Waals surface area (Å²) >= 11 is 0. The van der Waals surface area contributed by atoms with E-state index < -0.39 is 17.0 Å². The van der Waals surface area contributed by atoms with Crippen molar-refractivity contribution in [3.8, 4) is 5.75 Å². The summed E-state index contributed by atoms with van der Waals surface area (Å²) in [6.07, 6.45) is 2.40. The number of benzene rings is 1. The van der Waals surface area contributed by atoms with Gasteiger partial charge in [0.05, 0.1) is 12.1 Å². The third-order valence-electron chi connectivity index (χ3n) is 6.55. The fraction of sp³-hybridized carbons (Fsp3) is 0.458. The van der Waals surface area contributed by atoms with Crippen LogP contribution in [0.5, 0.6) is 5.75 Å². The van der Waals surface area contributed by atoms with Crippen molar-refractivity contribution in [2.75, 3.05) is 6.54 Å². The Bertz CT molecular complexity index is 1110. The van der Waals surface area contributed by atoms with Crippen LogP contribution in [-0.2, 0) is 13.0 Å². The molecular formula is C24H28FN3O4. The highest BCUT2D eigenvalue weighted by atomic mass is 19.1. The van der Waals surface area contributed by atoms with Crippen LogP contribution in [0.15, 0.2) is 35.3 Å². The number of aryl methyl sites for hydroxylation is 1. The number of rotatable bonds is 5. The quantitative estimate of drug-likeness (QED) is 0.722. The predicted molar refractivity (Wildman–Crippen MR) is 117 cm³/mol. The summed E-state index contributed by atoms with van der Waals surface area (Å²) in [4.78, 5) is 42.9. The first kappa shape index (κ1) is 22.2. The van der Waals surface area contributed by atoms with Gasteiger partial charge in [-0.05, 0) is 51.3 Å². The molecule has 0 aliphatic carbocycles. The van der Waals surface area contributed by atoms with Crippen molar-refractivity contribution in [2.45, 2.75) is 64.8 Å². The summed E-state index contributed by atoms with van der Waals surface area (Å²) in [6.45, 7) is 7.33. The topological polar surface area (TPSA) is 82.8 Å². The average molecular weight is 442 g/mol. The molecular weight excluding hydrogens is 413 g/mol. The van der Waals surface area contributed by atoms with Crippen molar-refractivity contribution in [3.05, 3.63) is 63.3 Å². The number of amides is 1. The zero-order valence-corrected chi connectivity index (χ0v) is 18.5. The van der Waals surface area contributed by atoms with Gasteiger partial charge >= 0.3 is 0 Å². The number of ketones is 1. The van der Waals surface area contributed by atoms with Gasteiger partial charge in [-0.1, -0.05) is 12.1 Å². The molecule has 1 aromatic carbocycles. The second-order valence-corrected chi connectivity index (χ2v) is 8.93. The Labute approximate surface area is 186 Å². The van der Waals surface area contributed by atoms with Crippen LogP contribution in [0.25, 0.3) is 0 Å². The Hall–Kier alpha value is -3.00. The number of halogens is 1. The Balaban J connectivity index is 1.66. The first-order chi connectivity index (χ1) is 15.2. The fourth-order valence-corrected chi connectivity index (χ4v) is 4.77. The molecule has 0 bridgehead atoms. The van der Waals surface area contributed by atoms with Crippen molar-refractivity contribution in [1.82, 2.24) is 14.4 Å². The van der Waals surface area contributed by atoms with E-state index in [0.717, 1.165) is 18.5 Å². The van der Waals surface area contributed by atoms with Crippen LogP contribution in [0.2, 0.25) is 0 Å². The number of carbonyl (C=O) groups is 2. The lowest BCUT2D eigenvalue weighted by molar-refractivity contribution is -0.0454. The molecule has 0 unspecified atom stereocenters. The van der Waals surface area contributed by atoms with Gasteiger partial charge in [0.1, 0.15) is 12.0 Å². The van der Waals surface area contributed by atoms with Gasteiger partial charge < -0.3 is 14.6 Å². The second kappa shape index (κ2) is 8.50. The SMILES string of the molecule is CC(C)N1CC[C@@H](C)N2C(=O)c3c(O)c(=O)c(C(=O)CCc4ccc(F)cc4)cn3C[C@H]12. The summed E-state index contributed by atoms with van der Waals surface area (Å²) in [7, 11) is 0. The van der Waals surface area contributed by atoms with Crippen molar-refractivity contribution < 1.29 is 19.1 Å². The van der Waals surface area contributed by atoms with E-state index in [-0.39, 0.29) is 47.7 Å². The largest absolute Gasteiger partial charge is 0.503 e. The van der Waals surface area contributed by atoms with E-state index in [9.17, 15) is 23.9 Å². The van der Waals surface area contributed by atoms with Gasteiger partial charge in [-0.2, -0.15) is 0 Å². The lowest BCUT2D eigenvalue weighted by Gasteiger charge is -2.51. The number of aromatic hydroxyl groups is 1. The minimum absolute atomic E-state index is 0.0113. The number of hydrogen-bond acceptors (Lipinski definition) is 5. The minimum atomic E-state index is -0.822. The van der Waals surface area contributed by atoms with E-state index in [1.54, 1.807) is 21.6 Å². The van der Waals surface area contributed by atoms with E-state index in [1.807, 2.05) is 6.92 Å². The summed E-state index contributed by atoms with van der Waals surface area (Å²) in [5, 5.41) is 10.6. The number of hydrogen-bond donors (Lipinski definition) is 1. The molecule has 2 atom stereocenters. The Morgan fingerprint density at radius 3 is 2.56 bits per heavy atom. The maximum Gasteiger partial charge on any atom is 0.276 e. The highest BCUT2D eigenvalue weighted by Gasteiger charge is 2.44. The molecule has 1 saturated heterocycles. The third-order valence-corrected chi connectivity index (χ3v) is 6.55. The monoisotopic (exact) mass is 441 g/mol. The van der Waals surface area contributed by atoms with Crippen molar-refractivity contribution >= 4 is 11.7 Å². The number of fused-ring (bicyclic) bond motifs is 2. The van der Waals surface area contributed by atoms with Gasteiger partial charge in [0.25, 0.3) is 5.91 Å². The number of Topliss-reactive ketones (excluding diaryl/α,β-unsaturated/α-hetero) is 1. The molecule has 7 nitrogen and oxygen atoms in total. The number of nitrogens with zero attached hydrogens (tertiary/aromatic N) is 3. The maximum atomic E-state index is 13.3. The lowest BCUT2D eigenvalue weighted by Crippen LogP contribution is -2.65. The summed E-state index contributed by atoms with van der Waals surface area (Å²) in [5.74, 6) is -1.84. The maximum absolute atomic E-state index is 13.3. The fourth-order valence-electron chi connectivity index (χ4n) is 4.77. The lowest BCUT2D eigenvalue weighted by atomic mass is 9.99. The summed E-state index contributed by atoms with van der Waals surface area (Å²) in [6, 6.07) is 6.04. The first-order valence-electron chi connectivity index (χ1n) is 11.0. The van der Waals surface area contributed by atoms with Crippen LogP contribution in [0.1, 0.15) is 60.0 Å². The van der Waals surface area contributed by atoms with Crippen molar-refractivity contribution in [3.63, 3.8) is 0 Å². The molecule has 2 aromatic rings. The molecule has 1 fully saturated rings. The van der Waals surface area contributed by atoms with Gasteiger partial charge in [0.2, 0.25) is 5.43 Å². The minimum Gasteiger partial charge on any atom is -0.503 e. The zero-order valence-electron chi connectivity index (χ0n) is 18.5. The van der Waals surface area contributed by atoms with E-state index in [2.05, 4.69) is 18.7 Å². The molecule has 32 heavy (non-hydrogen) atoms. The Kier molecular flexibility index (Phi) is 5.90. The molecule has 170 valence electrons. The molecule has 0 saturated carbocycles. The second-order valence-electron chi connectivity index (χ2n) is 8.93. The molecule has 1 aromatic heterocycles. The normalized spacial score (nSPS) is 20.9. The molecule has 1 N–H and O–H groups in total. The van der Waals surface area contributed by atoms with Crippen LogP contribution in [0.3, 0.4) is 0 Å². The van der Waals surface area contributed by atoms with Crippen LogP contribution >= 0.6 is 0 Å². The molecule has 4 rings (SSSR count). The summed E-state index contributed by atoms with van der Waals surface area (Å²) in [5.41, 5.74) is -0.234. The van der Waals surface area contributed by atoms with Gasteiger partial charge in [-0.15, -0.1) is 0 Å². The number of aromatic nitrogens is 1. The summed E-state index contributed by atoms with van der Waals surface area (Å²) < 4.78 is 14.6. The Morgan fingerprint density at radius 1 is 1.22 bits per heavy atom. The predicted octanol–water partition coefficient (Wildman–Crippen LogP) is 2.79. The molecule has 1 amide bonds.